The van der Waals surface area contributed by atoms with Crippen LogP contribution in [0.5, 0.6) is 0 Å². The van der Waals surface area contributed by atoms with Gasteiger partial charge in [-0.05, 0) is 25.7 Å². The molecule has 0 unspecified atom stereocenters. The Hall–Kier alpha value is -1.06. The second-order valence-corrected chi connectivity index (χ2v) is 3.65. The van der Waals surface area contributed by atoms with Crippen molar-refractivity contribution in [3.05, 3.63) is 0 Å². The van der Waals surface area contributed by atoms with Crippen molar-refractivity contribution in [1.29, 1.82) is 0 Å². The minimum Gasteiger partial charge on any atom is -0.466 e. The number of ether oxygens (including phenoxy) is 2. The molecule has 0 rings (SSSR count). The molecular formula is C12H22O4. The minimum atomic E-state index is -0.177. The number of esters is 2. The molecule has 0 fully saturated rings. The summed E-state index contributed by atoms with van der Waals surface area (Å²) in [7, 11) is 0. The number of carbonyl (C=O) groups is 2. The van der Waals surface area contributed by atoms with Crippen molar-refractivity contribution in [2.24, 2.45) is 0 Å². The van der Waals surface area contributed by atoms with Crippen molar-refractivity contribution in [3.63, 3.8) is 0 Å². The molecule has 0 N–H and O–H groups in total. The largest absolute Gasteiger partial charge is 0.466 e. The van der Waals surface area contributed by atoms with Gasteiger partial charge in [-0.3, -0.25) is 9.59 Å². The second kappa shape index (κ2) is 10.5. The van der Waals surface area contributed by atoms with E-state index in [0.29, 0.717) is 38.9 Å². The van der Waals surface area contributed by atoms with E-state index in [1.807, 2.05) is 13.8 Å². The zero-order chi connectivity index (χ0) is 12.2. The van der Waals surface area contributed by atoms with Gasteiger partial charge in [0, 0.05) is 12.8 Å². The molecular weight excluding hydrogens is 208 g/mol. The van der Waals surface area contributed by atoms with Gasteiger partial charge in [-0.15, -0.1) is 0 Å². The first-order valence-corrected chi connectivity index (χ1v) is 6.02. The summed E-state index contributed by atoms with van der Waals surface area (Å²) < 4.78 is 9.82. The molecule has 0 aromatic heterocycles. The fraction of sp³-hybridized carbons (Fsp3) is 0.833. The van der Waals surface area contributed by atoms with E-state index in [1.165, 1.54) is 0 Å². The Morgan fingerprint density at radius 2 is 1.19 bits per heavy atom. The van der Waals surface area contributed by atoms with Crippen LogP contribution in [-0.2, 0) is 19.1 Å². The van der Waals surface area contributed by atoms with Crippen LogP contribution in [0.25, 0.3) is 0 Å². The molecule has 0 saturated heterocycles. The average Bonchev–Trinajstić information content (AvgIpc) is 2.29. The quantitative estimate of drug-likeness (QED) is 0.451. The molecule has 0 aromatic rings. The van der Waals surface area contributed by atoms with E-state index < -0.39 is 0 Å². The Kier molecular flexibility index (Phi) is 9.76. The molecule has 94 valence electrons. The standard InChI is InChI=1S/C12H22O4/c1-3-9-15-11(13)7-5-6-8-12(14)16-10-4-2/h3-10H2,1-2H3. The van der Waals surface area contributed by atoms with Gasteiger partial charge in [0.15, 0.2) is 0 Å². The molecule has 0 aliphatic heterocycles. The Balaban J connectivity index is 3.31. The third-order valence-electron chi connectivity index (χ3n) is 1.95. The van der Waals surface area contributed by atoms with E-state index in [1.54, 1.807) is 0 Å². The van der Waals surface area contributed by atoms with Crippen molar-refractivity contribution in [1.82, 2.24) is 0 Å². The predicted molar refractivity (Wildman–Crippen MR) is 61.0 cm³/mol. The third-order valence-corrected chi connectivity index (χ3v) is 1.95. The summed E-state index contributed by atoms with van der Waals surface area (Å²) in [4.78, 5) is 22.2. The summed E-state index contributed by atoms with van der Waals surface area (Å²) in [5.41, 5.74) is 0. The number of hydrogen-bond donors (Lipinski definition) is 0. The topological polar surface area (TPSA) is 52.6 Å². The van der Waals surface area contributed by atoms with Crippen LogP contribution in [0.1, 0.15) is 52.4 Å². The first-order valence-electron chi connectivity index (χ1n) is 6.02. The van der Waals surface area contributed by atoms with Gasteiger partial charge >= 0.3 is 11.9 Å². The lowest BCUT2D eigenvalue weighted by molar-refractivity contribution is -0.145. The molecule has 0 aliphatic carbocycles. The molecule has 0 heterocycles. The molecule has 4 nitrogen and oxygen atoms in total. The number of unbranched alkanes of at least 4 members (excludes halogenated alkanes) is 1. The Labute approximate surface area is 97.3 Å². The molecule has 0 amide bonds. The highest BCUT2D eigenvalue weighted by Crippen LogP contribution is 2.03. The Morgan fingerprint density at radius 1 is 0.812 bits per heavy atom. The van der Waals surface area contributed by atoms with Crippen LogP contribution in [0, 0.1) is 0 Å². The lowest BCUT2D eigenvalue weighted by atomic mass is 10.2. The van der Waals surface area contributed by atoms with Gasteiger partial charge in [0.05, 0.1) is 13.2 Å². The molecule has 16 heavy (non-hydrogen) atoms. The summed E-state index contributed by atoms with van der Waals surface area (Å²) >= 11 is 0. The van der Waals surface area contributed by atoms with Crippen LogP contribution in [0.15, 0.2) is 0 Å². The third kappa shape index (κ3) is 9.49. The highest BCUT2D eigenvalue weighted by atomic mass is 16.5. The van der Waals surface area contributed by atoms with Crippen LogP contribution in [-0.4, -0.2) is 25.2 Å². The summed E-state index contributed by atoms with van der Waals surface area (Å²) in [6.45, 7) is 4.88. The number of hydrogen-bond acceptors (Lipinski definition) is 4. The average molecular weight is 230 g/mol. The molecule has 0 bridgehead atoms. The van der Waals surface area contributed by atoms with E-state index in [2.05, 4.69) is 0 Å². The van der Waals surface area contributed by atoms with Gasteiger partial charge in [0.1, 0.15) is 0 Å². The Morgan fingerprint density at radius 3 is 1.50 bits per heavy atom. The summed E-state index contributed by atoms with van der Waals surface area (Å²) in [5, 5.41) is 0. The molecule has 0 radical (unpaired) electrons. The smallest absolute Gasteiger partial charge is 0.305 e. The van der Waals surface area contributed by atoms with Crippen molar-refractivity contribution in [3.8, 4) is 0 Å². The van der Waals surface area contributed by atoms with Crippen LogP contribution < -0.4 is 0 Å². The van der Waals surface area contributed by atoms with E-state index in [4.69, 9.17) is 9.47 Å². The van der Waals surface area contributed by atoms with Gasteiger partial charge in [-0.1, -0.05) is 13.8 Å². The van der Waals surface area contributed by atoms with E-state index in [0.717, 1.165) is 12.8 Å². The van der Waals surface area contributed by atoms with E-state index in [-0.39, 0.29) is 11.9 Å². The Bertz CT molecular complexity index is 179. The van der Waals surface area contributed by atoms with Crippen molar-refractivity contribution in [2.75, 3.05) is 13.2 Å². The fourth-order valence-electron chi connectivity index (χ4n) is 1.11. The van der Waals surface area contributed by atoms with Crippen LogP contribution in [0.3, 0.4) is 0 Å². The van der Waals surface area contributed by atoms with Crippen molar-refractivity contribution in [2.45, 2.75) is 52.4 Å². The second-order valence-electron chi connectivity index (χ2n) is 3.65. The summed E-state index contributed by atoms with van der Waals surface area (Å²) in [5.74, 6) is -0.354. The fourth-order valence-corrected chi connectivity index (χ4v) is 1.11. The zero-order valence-electron chi connectivity index (χ0n) is 10.3. The lowest BCUT2D eigenvalue weighted by Crippen LogP contribution is -2.07. The first-order chi connectivity index (χ1) is 7.70. The maximum atomic E-state index is 11.1. The maximum Gasteiger partial charge on any atom is 0.305 e. The zero-order valence-corrected chi connectivity index (χ0v) is 10.3. The highest BCUT2D eigenvalue weighted by Gasteiger charge is 2.05. The van der Waals surface area contributed by atoms with Crippen molar-refractivity contribution < 1.29 is 19.1 Å². The van der Waals surface area contributed by atoms with E-state index in [9.17, 15) is 9.59 Å². The van der Waals surface area contributed by atoms with Crippen molar-refractivity contribution >= 4 is 11.9 Å². The molecule has 0 aliphatic rings. The molecule has 4 heteroatoms. The van der Waals surface area contributed by atoms with Gasteiger partial charge in [-0.2, -0.15) is 0 Å². The number of rotatable bonds is 9. The van der Waals surface area contributed by atoms with Crippen LogP contribution in [0.4, 0.5) is 0 Å². The highest BCUT2D eigenvalue weighted by molar-refractivity contribution is 5.70. The lowest BCUT2D eigenvalue weighted by Gasteiger charge is -2.03. The number of carbonyl (C=O) groups excluding carboxylic acids is 2. The predicted octanol–water partition coefficient (Wildman–Crippen LogP) is 2.45. The molecule has 0 saturated carbocycles. The minimum absolute atomic E-state index is 0.177. The van der Waals surface area contributed by atoms with E-state index >= 15 is 0 Å². The molecule has 0 aromatic carbocycles. The molecule has 0 atom stereocenters. The van der Waals surface area contributed by atoms with Crippen LogP contribution in [0.2, 0.25) is 0 Å². The maximum absolute atomic E-state index is 11.1. The summed E-state index contributed by atoms with van der Waals surface area (Å²) in [6, 6.07) is 0. The van der Waals surface area contributed by atoms with Gasteiger partial charge in [-0.25, -0.2) is 0 Å². The van der Waals surface area contributed by atoms with Crippen LogP contribution >= 0.6 is 0 Å². The first kappa shape index (κ1) is 14.9. The normalized spacial score (nSPS) is 9.88. The van der Waals surface area contributed by atoms with Gasteiger partial charge in [0.2, 0.25) is 0 Å². The SMILES string of the molecule is CCCOC(=O)CCCCC(=O)OCCC. The van der Waals surface area contributed by atoms with Gasteiger partial charge < -0.3 is 9.47 Å². The monoisotopic (exact) mass is 230 g/mol. The molecule has 0 spiro atoms. The van der Waals surface area contributed by atoms with Gasteiger partial charge in [0.25, 0.3) is 0 Å². The summed E-state index contributed by atoms with van der Waals surface area (Å²) in [6.07, 6.45) is 3.83.